The first kappa shape index (κ1) is 99.7. The molecule has 0 unspecified atom stereocenters. The molecule has 0 heterocycles. The van der Waals surface area contributed by atoms with E-state index in [9.17, 15) is 0 Å². The van der Waals surface area contributed by atoms with Crippen LogP contribution in [0.4, 0.5) is 0 Å². The van der Waals surface area contributed by atoms with Gasteiger partial charge in [0.1, 0.15) is 0 Å². The molecule has 0 radical (unpaired) electrons. The van der Waals surface area contributed by atoms with Gasteiger partial charge in [-0.3, -0.25) is 0 Å². The van der Waals surface area contributed by atoms with Crippen molar-refractivity contribution in [1.82, 2.24) is 0 Å². The van der Waals surface area contributed by atoms with E-state index in [0.29, 0.717) is 0 Å². The van der Waals surface area contributed by atoms with Gasteiger partial charge in [-0.2, -0.15) is 36.4 Å². The van der Waals surface area contributed by atoms with Gasteiger partial charge in [0.05, 0.1) is 0 Å². The molecule has 0 N–H and O–H groups in total. The summed E-state index contributed by atoms with van der Waals surface area (Å²) in [5, 5.41) is 0. The molecule has 2 aromatic rings. The van der Waals surface area contributed by atoms with Crippen molar-refractivity contribution in [2.24, 2.45) is 0 Å². The molecular formula is C21H43Hf-13. The van der Waals surface area contributed by atoms with Crippen LogP contribution in [0.5, 0.6) is 0 Å². The van der Waals surface area contributed by atoms with Gasteiger partial charge in [0.15, 0.2) is 0 Å². The van der Waals surface area contributed by atoms with Crippen LogP contribution >= 0.6 is 0 Å². The zero-order valence-electron chi connectivity index (χ0n) is 17.3. The molecule has 2 rings (SSSR count). The summed E-state index contributed by atoms with van der Waals surface area (Å²) in [5.74, 6) is 0. The average molecular weight is 474 g/mol. The van der Waals surface area contributed by atoms with E-state index in [0.717, 1.165) is 0 Å². The van der Waals surface area contributed by atoms with E-state index in [-0.39, 0.29) is 108 Å². The molecule has 0 aliphatic carbocycles. The molecule has 0 atom stereocenters. The molecule has 0 spiro atoms. The van der Waals surface area contributed by atoms with Crippen LogP contribution in [0.1, 0.15) is 0 Å². The van der Waals surface area contributed by atoms with Crippen LogP contribution in [0, 0.1) is 81.7 Å². The normalized spacial score (nSPS) is 3.64. The largest absolute Gasteiger partial charge is 0.358 e. The van der Waals surface area contributed by atoms with Crippen LogP contribution in [0.3, 0.4) is 0 Å². The Morgan fingerprint density at radius 1 is 0.318 bits per heavy atom. The molecule has 0 aliphatic rings. The first-order valence-electron chi connectivity index (χ1n) is 3.33. The van der Waals surface area contributed by atoms with Gasteiger partial charge < -0.3 is 81.7 Å². The van der Waals surface area contributed by atoms with Crippen LogP contribution in [0.15, 0.2) is 60.7 Å². The van der Waals surface area contributed by atoms with Crippen LogP contribution in [0.25, 0.3) is 0 Å². The third kappa shape index (κ3) is 73.7. The molecule has 0 aromatic heterocycles. The van der Waals surface area contributed by atoms with E-state index in [1.54, 1.807) is 0 Å². The van der Waals surface area contributed by atoms with Gasteiger partial charge in [0, 0.05) is 25.8 Å². The van der Waals surface area contributed by atoms with Crippen molar-refractivity contribution in [1.29, 1.82) is 0 Å². The van der Waals surface area contributed by atoms with Crippen LogP contribution in [-0.4, -0.2) is 0 Å². The average Bonchev–Trinajstić information content (AvgIpc) is 2.67. The minimum absolute atomic E-state index is 0. The predicted octanol–water partition coefficient (Wildman–Crippen LogP) is 7.76. The van der Waals surface area contributed by atoms with Gasteiger partial charge >= 0.3 is 0 Å². The summed E-state index contributed by atoms with van der Waals surface area (Å²) in [5.41, 5.74) is 0. The van der Waals surface area contributed by atoms with Gasteiger partial charge in [-0.05, 0) is 0 Å². The maximum Gasteiger partial charge on any atom is 0 e. The molecule has 22 heavy (non-hydrogen) atoms. The number of hydrogen-bond acceptors (Lipinski definition) is 0. The molecule has 0 amide bonds. The molecule has 0 fully saturated rings. The maximum absolute atomic E-state index is 2.00. The summed E-state index contributed by atoms with van der Waals surface area (Å²) in [7, 11) is 0. The zero-order valence-corrected chi connectivity index (χ0v) is 20.9. The Morgan fingerprint density at radius 2 is 0.455 bits per heavy atom. The Bertz CT molecular complexity index is 145. The molecule has 1 heteroatoms. The van der Waals surface area contributed by atoms with Crippen molar-refractivity contribution in [3.05, 3.63) is 142 Å². The van der Waals surface area contributed by atoms with Crippen molar-refractivity contribution in [2.75, 3.05) is 0 Å². The number of hydrogen-bond donors (Lipinski definition) is 0. The molecule has 0 aliphatic heterocycles. The Labute approximate surface area is 167 Å². The first-order chi connectivity index (χ1) is 5.00. The predicted molar refractivity (Wildman–Crippen MR) is 115 cm³/mol. The minimum atomic E-state index is 0. The molecule has 0 bridgehead atoms. The fourth-order valence-corrected chi connectivity index (χ4v) is 0.642. The fraction of sp³-hybridized carbons (Fsp3) is 0. The van der Waals surface area contributed by atoms with Crippen molar-refractivity contribution >= 4 is 0 Å². The molecular weight excluding hydrogens is 431 g/mol. The Morgan fingerprint density at radius 3 is 0.500 bits per heavy atom. The summed E-state index contributed by atoms with van der Waals surface area (Å²) < 4.78 is 0. The Balaban J connectivity index is -0.00000000588. The van der Waals surface area contributed by atoms with E-state index in [2.05, 4.69) is 0 Å². The van der Waals surface area contributed by atoms with Crippen LogP contribution in [0.2, 0.25) is 0 Å². The van der Waals surface area contributed by atoms with Gasteiger partial charge in [-0.1, -0.05) is 0 Å². The second-order valence-electron chi connectivity index (χ2n) is 1.92. The van der Waals surface area contributed by atoms with Crippen molar-refractivity contribution < 1.29 is 25.8 Å². The maximum atomic E-state index is 2.00. The van der Waals surface area contributed by atoms with Crippen LogP contribution < -0.4 is 0 Å². The van der Waals surface area contributed by atoms with Gasteiger partial charge in [-0.25, -0.2) is 24.3 Å². The van der Waals surface area contributed by atoms with E-state index in [1.807, 2.05) is 60.7 Å². The fourth-order valence-electron chi connectivity index (χ4n) is 0.642. The molecule has 0 nitrogen and oxygen atoms in total. The van der Waals surface area contributed by atoms with Gasteiger partial charge in [0.2, 0.25) is 0 Å². The smallest absolute Gasteiger partial charge is 0 e. The number of rotatable bonds is 0. The Kier molecular flexibility index (Phi) is 390. The van der Waals surface area contributed by atoms with E-state index < -0.39 is 0 Å². The first-order valence-corrected chi connectivity index (χ1v) is 3.33. The Hall–Kier alpha value is -0.430. The van der Waals surface area contributed by atoms with Gasteiger partial charge in [0.25, 0.3) is 0 Å². The third-order valence-electron chi connectivity index (χ3n) is 1.11. The molecule has 0 saturated carbocycles. The molecule has 2 aromatic carbocycles. The second kappa shape index (κ2) is 86.0. The third-order valence-corrected chi connectivity index (χ3v) is 1.11. The van der Waals surface area contributed by atoms with Gasteiger partial charge in [-0.15, -0.1) is 0 Å². The summed E-state index contributed by atoms with van der Waals surface area (Å²) in [6, 6.07) is 20.0. The van der Waals surface area contributed by atoms with E-state index in [4.69, 9.17) is 0 Å². The summed E-state index contributed by atoms with van der Waals surface area (Å²) in [6.07, 6.45) is 0. The SMILES string of the molecule is [CH3-].[CH3-].[CH3-].[CH3-].[CH3-].[CH3-].[CH3-].[CH3-].[CH3-].[CH3-].[CH3-].[Hf].c1cc[cH-]c1.c1cc[cH-]c1. The quantitative estimate of drug-likeness (QED) is 0.271. The summed E-state index contributed by atoms with van der Waals surface area (Å²) in [4.78, 5) is 0. The summed E-state index contributed by atoms with van der Waals surface area (Å²) in [6.45, 7) is 0. The van der Waals surface area contributed by atoms with E-state index >= 15 is 0 Å². The minimum Gasteiger partial charge on any atom is -0.358 e. The second-order valence-corrected chi connectivity index (χ2v) is 1.92. The molecule has 144 valence electrons. The van der Waals surface area contributed by atoms with Crippen LogP contribution in [-0.2, 0) is 25.8 Å². The van der Waals surface area contributed by atoms with Crippen molar-refractivity contribution in [3.63, 3.8) is 0 Å². The topological polar surface area (TPSA) is 0 Å². The van der Waals surface area contributed by atoms with Crippen molar-refractivity contribution in [2.45, 2.75) is 0 Å². The van der Waals surface area contributed by atoms with E-state index in [1.165, 1.54) is 0 Å². The monoisotopic (exact) mass is 475 g/mol. The standard InChI is InChI=1S/2C5H5.11CH3.Hf/c2*1-2-4-5-3-1;;;;;;;;;;;;/h2*1-5H;11*1H3;/q13*-1;. The summed E-state index contributed by atoms with van der Waals surface area (Å²) >= 11 is 0. The molecule has 0 saturated heterocycles. The van der Waals surface area contributed by atoms with Crippen molar-refractivity contribution in [3.8, 4) is 0 Å². The zero-order chi connectivity index (χ0) is 7.07.